The van der Waals surface area contributed by atoms with Crippen LogP contribution >= 0.6 is 14.3 Å². The Labute approximate surface area is 197 Å². The number of hydrogen-bond acceptors (Lipinski definition) is 2. The van der Waals surface area contributed by atoms with E-state index < -0.39 is 14.3 Å². The van der Waals surface area contributed by atoms with Crippen LogP contribution in [0.15, 0.2) is 121 Å². The van der Waals surface area contributed by atoms with Gasteiger partial charge in [-0.3, -0.25) is 0 Å². The Balaban J connectivity index is 1.77. The third-order valence-electron chi connectivity index (χ3n) is 6.48. The maximum Gasteiger partial charge on any atom is 0.145 e. The standard InChI is InChI=1S/C29H30O2P2/c1-24(32(30,26-15-7-3-8-16-26)27-17-9-4-10-18-27)23-25(2)33(31,28-19-11-5-12-20-28)29-21-13-6-14-22-29/h3-22,24-25H,23H2,1-2H3/t24-,25-/m0/s1. The zero-order valence-corrected chi connectivity index (χ0v) is 20.9. The maximum absolute atomic E-state index is 14.8. The average molecular weight is 473 g/mol. The van der Waals surface area contributed by atoms with Crippen LogP contribution in [0.2, 0.25) is 0 Å². The van der Waals surface area contributed by atoms with Gasteiger partial charge in [-0.05, 0) is 6.42 Å². The molecule has 0 saturated carbocycles. The second kappa shape index (κ2) is 10.1. The molecule has 0 fully saturated rings. The third kappa shape index (κ3) is 4.56. The largest absolute Gasteiger partial charge is 0.313 e. The molecule has 168 valence electrons. The second-order valence-electron chi connectivity index (χ2n) is 8.59. The van der Waals surface area contributed by atoms with E-state index >= 15 is 0 Å². The summed E-state index contributed by atoms with van der Waals surface area (Å²) in [4.78, 5) is 0. The normalized spacial score (nSPS) is 13.9. The Bertz CT molecular complexity index is 1070. The molecule has 4 aromatic carbocycles. The van der Waals surface area contributed by atoms with Crippen molar-refractivity contribution in [2.75, 3.05) is 0 Å². The fraction of sp³-hybridized carbons (Fsp3) is 0.172. The molecule has 4 heteroatoms. The molecule has 0 aliphatic heterocycles. The fourth-order valence-electron chi connectivity index (χ4n) is 4.70. The Morgan fingerprint density at radius 1 is 0.455 bits per heavy atom. The van der Waals surface area contributed by atoms with Crippen molar-refractivity contribution in [3.05, 3.63) is 121 Å². The van der Waals surface area contributed by atoms with Crippen LogP contribution in [0.25, 0.3) is 0 Å². The van der Waals surface area contributed by atoms with E-state index in [1.165, 1.54) is 0 Å². The molecule has 0 radical (unpaired) electrons. The van der Waals surface area contributed by atoms with Gasteiger partial charge in [0.2, 0.25) is 0 Å². The third-order valence-corrected chi connectivity index (χ3v) is 13.6. The summed E-state index contributed by atoms with van der Waals surface area (Å²) in [5.74, 6) is 0. The van der Waals surface area contributed by atoms with Crippen LogP contribution in [-0.2, 0) is 9.13 Å². The van der Waals surface area contributed by atoms with Gasteiger partial charge in [0.05, 0.1) is 0 Å². The Morgan fingerprint density at radius 3 is 0.879 bits per heavy atom. The summed E-state index contributed by atoms with van der Waals surface area (Å²) >= 11 is 0. The Kier molecular flexibility index (Phi) is 7.18. The summed E-state index contributed by atoms with van der Waals surface area (Å²) in [5, 5.41) is 3.41. The highest BCUT2D eigenvalue weighted by molar-refractivity contribution is 7.80. The molecule has 2 atom stereocenters. The van der Waals surface area contributed by atoms with Crippen LogP contribution in [0.5, 0.6) is 0 Å². The fourth-order valence-corrected chi connectivity index (χ4v) is 11.2. The van der Waals surface area contributed by atoms with Crippen molar-refractivity contribution in [1.29, 1.82) is 0 Å². The van der Waals surface area contributed by atoms with Crippen LogP contribution in [0.4, 0.5) is 0 Å². The molecule has 0 N–H and O–H groups in total. The first-order valence-electron chi connectivity index (χ1n) is 11.4. The molecule has 4 aromatic rings. The first kappa shape index (κ1) is 23.5. The second-order valence-corrected chi connectivity index (χ2v) is 15.1. The topological polar surface area (TPSA) is 34.1 Å². The maximum atomic E-state index is 14.8. The van der Waals surface area contributed by atoms with E-state index in [-0.39, 0.29) is 11.3 Å². The molecule has 0 heterocycles. The molecule has 4 rings (SSSR count). The van der Waals surface area contributed by atoms with Gasteiger partial charge in [0.1, 0.15) is 14.3 Å². The summed E-state index contributed by atoms with van der Waals surface area (Å²) in [5.41, 5.74) is -0.337. The Morgan fingerprint density at radius 2 is 0.667 bits per heavy atom. The SMILES string of the molecule is C[C@@H](C[C@H](C)P(=O)(c1ccccc1)c1ccccc1)P(=O)(c1ccccc1)c1ccccc1. The van der Waals surface area contributed by atoms with Gasteiger partial charge in [-0.25, -0.2) is 0 Å². The molecule has 0 spiro atoms. The minimum atomic E-state index is -2.94. The number of benzene rings is 4. The molecular weight excluding hydrogens is 442 g/mol. The van der Waals surface area contributed by atoms with E-state index in [2.05, 4.69) is 13.8 Å². The van der Waals surface area contributed by atoms with E-state index in [4.69, 9.17) is 0 Å². The molecule has 0 aliphatic rings. The summed E-state index contributed by atoms with van der Waals surface area (Å²) in [6.45, 7) is 4.11. The zero-order valence-electron chi connectivity index (χ0n) is 19.1. The highest BCUT2D eigenvalue weighted by Gasteiger charge is 2.40. The molecule has 0 amide bonds. The molecule has 0 unspecified atom stereocenters. The first-order valence-corrected chi connectivity index (χ1v) is 14.9. The van der Waals surface area contributed by atoms with Gasteiger partial charge in [0.25, 0.3) is 0 Å². The van der Waals surface area contributed by atoms with Crippen LogP contribution in [-0.4, -0.2) is 11.3 Å². The smallest absolute Gasteiger partial charge is 0.145 e. The molecular formula is C29H30O2P2. The van der Waals surface area contributed by atoms with Gasteiger partial charge in [0.15, 0.2) is 0 Å². The van der Waals surface area contributed by atoms with Gasteiger partial charge < -0.3 is 9.13 Å². The van der Waals surface area contributed by atoms with Crippen molar-refractivity contribution in [3.63, 3.8) is 0 Å². The van der Waals surface area contributed by atoms with Gasteiger partial charge in [0, 0.05) is 32.5 Å². The molecule has 33 heavy (non-hydrogen) atoms. The summed E-state index contributed by atoms with van der Waals surface area (Å²) in [6, 6.07) is 39.0. The zero-order chi connectivity index (χ0) is 23.3. The minimum Gasteiger partial charge on any atom is -0.313 e. The van der Waals surface area contributed by atoms with Crippen molar-refractivity contribution < 1.29 is 9.13 Å². The van der Waals surface area contributed by atoms with Crippen LogP contribution in [0, 0.1) is 0 Å². The summed E-state index contributed by atoms with van der Waals surface area (Å²) < 4.78 is 29.5. The molecule has 2 nitrogen and oxygen atoms in total. The highest BCUT2D eigenvalue weighted by atomic mass is 31.2. The lowest BCUT2D eigenvalue weighted by Gasteiger charge is -2.32. The van der Waals surface area contributed by atoms with Gasteiger partial charge in [-0.15, -0.1) is 0 Å². The Hall–Kier alpha value is -2.66. The summed E-state index contributed by atoms with van der Waals surface area (Å²) in [6.07, 6.45) is 0.585. The quantitative estimate of drug-likeness (QED) is 0.287. The number of rotatable bonds is 8. The van der Waals surface area contributed by atoms with Crippen LogP contribution in [0.1, 0.15) is 20.3 Å². The summed E-state index contributed by atoms with van der Waals surface area (Å²) in [7, 11) is -5.89. The lowest BCUT2D eigenvalue weighted by Crippen LogP contribution is -2.30. The van der Waals surface area contributed by atoms with Crippen LogP contribution in [0.3, 0.4) is 0 Å². The van der Waals surface area contributed by atoms with Crippen LogP contribution < -0.4 is 21.2 Å². The van der Waals surface area contributed by atoms with Crippen molar-refractivity contribution >= 4 is 35.5 Å². The molecule has 0 bridgehead atoms. The van der Waals surface area contributed by atoms with E-state index in [0.717, 1.165) is 21.2 Å². The lowest BCUT2D eigenvalue weighted by molar-refractivity contribution is 0.564. The molecule has 0 aromatic heterocycles. The molecule has 0 aliphatic carbocycles. The lowest BCUT2D eigenvalue weighted by atomic mass is 10.3. The van der Waals surface area contributed by atoms with E-state index in [1.54, 1.807) is 0 Å². The predicted octanol–water partition coefficient (Wildman–Crippen LogP) is 6.18. The average Bonchev–Trinajstić information content (AvgIpc) is 2.89. The van der Waals surface area contributed by atoms with Crippen molar-refractivity contribution in [2.24, 2.45) is 0 Å². The predicted molar refractivity (Wildman–Crippen MR) is 143 cm³/mol. The van der Waals surface area contributed by atoms with Crippen molar-refractivity contribution in [2.45, 2.75) is 31.6 Å². The van der Waals surface area contributed by atoms with Gasteiger partial charge >= 0.3 is 0 Å². The van der Waals surface area contributed by atoms with Crippen molar-refractivity contribution in [1.82, 2.24) is 0 Å². The molecule has 0 saturated heterocycles. The van der Waals surface area contributed by atoms with Crippen molar-refractivity contribution in [3.8, 4) is 0 Å². The van der Waals surface area contributed by atoms with Gasteiger partial charge in [-0.2, -0.15) is 0 Å². The highest BCUT2D eigenvalue weighted by Crippen LogP contribution is 2.56. The number of hydrogen-bond donors (Lipinski definition) is 0. The monoisotopic (exact) mass is 472 g/mol. The minimum absolute atomic E-state index is 0.168. The first-order chi connectivity index (χ1) is 16.0. The van der Waals surface area contributed by atoms with E-state index in [1.807, 2.05) is 121 Å². The van der Waals surface area contributed by atoms with Gasteiger partial charge in [-0.1, -0.05) is 135 Å². The van der Waals surface area contributed by atoms with E-state index in [9.17, 15) is 9.13 Å². The van der Waals surface area contributed by atoms with E-state index in [0.29, 0.717) is 6.42 Å².